The molecular weight excluding hydrogens is 106 g/mol. The molecule has 0 heterocycles. The Kier molecular flexibility index (Phi) is 1.30. The highest BCUT2D eigenvalue weighted by Crippen LogP contribution is 2.42. The Bertz CT molecular complexity index is 68.5. The fourth-order valence-corrected chi connectivity index (χ4v) is 1.52. The van der Waals surface area contributed by atoms with Crippen LogP contribution in [0.4, 0.5) is 0 Å². The largest absolute Gasteiger partial charge is 0.317 e. The van der Waals surface area contributed by atoms with Gasteiger partial charge in [-0.05, 0) is 18.6 Å². The van der Waals surface area contributed by atoms with E-state index in [0.29, 0.717) is 0 Å². The van der Waals surface area contributed by atoms with E-state index in [4.69, 9.17) is 5.73 Å². The molecule has 1 nitrogen and oxygen atoms in total. The number of hydrogen-bond donors (Lipinski definition) is 1. The van der Waals surface area contributed by atoms with Gasteiger partial charge in [-0.1, -0.05) is 6.92 Å². The van der Waals surface area contributed by atoms with E-state index >= 15 is 0 Å². The molecule has 0 aromatic heterocycles. The van der Waals surface area contributed by atoms with Crippen LogP contribution in [-0.4, -0.2) is 10.6 Å². The summed E-state index contributed by atoms with van der Waals surface area (Å²) in [7, 11) is 0. The predicted molar refractivity (Wildman–Crippen MR) is 34.3 cm³/mol. The van der Waals surface area contributed by atoms with Crippen molar-refractivity contribution in [1.29, 1.82) is 0 Å². The summed E-state index contributed by atoms with van der Waals surface area (Å²) in [4.78, 5) is 0.217. The molecule has 1 rings (SSSR count). The second-order valence-corrected chi connectivity index (χ2v) is 3.68. The van der Waals surface area contributed by atoms with Crippen molar-refractivity contribution < 1.29 is 0 Å². The van der Waals surface area contributed by atoms with E-state index in [0.717, 1.165) is 5.75 Å². The van der Waals surface area contributed by atoms with E-state index in [9.17, 15) is 0 Å². The van der Waals surface area contributed by atoms with Crippen LogP contribution >= 0.6 is 11.8 Å². The van der Waals surface area contributed by atoms with Gasteiger partial charge in [0, 0.05) is 0 Å². The topological polar surface area (TPSA) is 26.0 Å². The third-order valence-corrected chi connectivity index (χ3v) is 2.45. The monoisotopic (exact) mass is 117 g/mol. The van der Waals surface area contributed by atoms with Crippen molar-refractivity contribution in [2.45, 2.75) is 24.6 Å². The highest BCUT2D eigenvalue weighted by molar-refractivity contribution is 8.00. The van der Waals surface area contributed by atoms with Gasteiger partial charge in [0.1, 0.15) is 0 Å². The molecule has 42 valence electrons. The Labute approximate surface area is 48.7 Å². The van der Waals surface area contributed by atoms with Crippen LogP contribution < -0.4 is 5.73 Å². The molecule has 0 atom stereocenters. The lowest BCUT2D eigenvalue weighted by Crippen LogP contribution is -2.16. The second-order valence-electron chi connectivity index (χ2n) is 2.00. The summed E-state index contributed by atoms with van der Waals surface area (Å²) in [6, 6.07) is 0. The molecule has 7 heavy (non-hydrogen) atoms. The summed E-state index contributed by atoms with van der Waals surface area (Å²) in [6.07, 6.45) is 2.46. The fraction of sp³-hybridized carbons (Fsp3) is 1.00. The van der Waals surface area contributed by atoms with Gasteiger partial charge >= 0.3 is 0 Å². The highest BCUT2D eigenvalue weighted by Gasteiger charge is 2.37. The Hall–Kier alpha value is 0.310. The van der Waals surface area contributed by atoms with Crippen LogP contribution in [0.2, 0.25) is 0 Å². The number of hydrogen-bond acceptors (Lipinski definition) is 2. The lowest BCUT2D eigenvalue weighted by Gasteiger charge is -2.02. The smallest absolute Gasteiger partial charge is 0.0622 e. The van der Waals surface area contributed by atoms with Crippen molar-refractivity contribution in [3.8, 4) is 0 Å². The van der Waals surface area contributed by atoms with Gasteiger partial charge in [-0.2, -0.15) is 0 Å². The average molecular weight is 117 g/mol. The van der Waals surface area contributed by atoms with Crippen LogP contribution in [0.25, 0.3) is 0 Å². The van der Waals surface area contributed by atoms with Crippen LogP contribution in [0.5, 0.6) is 0 Å². The van der Waals surface area contributed by atoms with Crippen LogP contribution in [0.3, 0.4) is 0 Å². The van der Waals surface area contributed by atoms with E-state index in [-0.39, 0.29) is 4.87 Å². The van der Waals surface area contributed by atoms with Crippen molar-refractivity contribution in [3.63, 3.8) is 0 Å². The first-order valence-electron chi connectivity index (χ1n) is 2.70. The molecule has 0 radical (unpaired) electrons. The lowest BCUT2D eigenvalue weighted by atomic mass is 10.8. The van der Waals surface area contributed by atoms with Crippen LogP contribution in [0.15, 0.2) is 0 Å². The average Bonchev–Trinajstić information content (AvgIpc) is 2.22. The van der Waals surface area contributed by atoms with Crippen molar-refractivity contribution in [1.82, 2.24) is 0 Å². The third-order valence-electron chi connectivity index (χ3n) is 1.17. The number of thioether (sulfide) groups is 1. The van der Waals surface area contributed by atoms with E-state index in [1.807, 2.05) is 11.8 Å². The molecule has 1 saturated carbocycles. The Morgan fingerprint density at radius 3 is 2.43 bits per heavy atom. The zero-order valence-electron chi connectivity index (χ0n) is 4.61. The van der Waals surface area contributed by atoms with Gasteiger partial charge in [-0.25, -0.2) is 0 Å². The molecule has 0 aromatic carbocycles. The molecule has 0 saturated heterocycles. The number of rotatable bonds is 2. The predicted octanol–water partition coefficient (Wildman–Crippen LogP) is 1.19. The first-order chi connectivity index (χ1) is 3.27. The maximum absolute atomic E-state index is 5.72. The van der Waals surface area contributed by atoms with Crippen molar-refractivity contribution in [3.05, 3.63) is 0 Å². The van der Waals surface area contributed by atoms with Crippen LogP contribution in [-0.2, 0) is 0 Å². The van der Waals surface area contributed by atoms with E-state index in [1.165, 1.54) is 12.8 Å². The van der Waals surface area contributed by atoms with Gasteiger partial charge < -0.3 is 5.73 Å². The second kappa shape index (κ2) is 1.67. The molecule has 1 fully saturated rings. The summed E-state index contributed by atoms with van der Waals surface area (Å²) >= 11 is 1.88. The zero-order chi connectivity index (χ0) is 5.33. The summed E-state index contributed by atoms with van der Waals surface area (Å²) in [5.74, 6) is 1.16. The summed E-state index contributed by atoms with van der Waals surface area (Å²) in [5, 5.41) is 0. The molecular formula is C5H11NS. The van der Waals surface area contributed by atoms with Gasteiger partial charge in [0.25, 0.3) is 0 Å². The minimum absolute atomic E-state index is 0.217. The van der Waals surface area contributed by atoms with Gasteiger partial charge in [-0.3, -0.25) is 0 Å². The SMILES string of the molecule is CCSC1(N)CC1. The molecule has 2 heteroatoms. The summed E-state index contributed by atoms with van der Waals surface area (Å²) < 4.78 is 0. The van der Waals surface area contributed by atoms with Gasteiger partial charge in [0.2, 0.25) is 0 Å². The molecule has 2 N–H and O–H groups in total. The fourth-order valence-electron chi connectivity index (χ4n) is 0.555. The molecule has 0 amide bonds. The molecule has 1 aliphatic carbocycles. The Balaban J connectivity index is 2.13. The van der Waals surface area contributed by atoms with Crippen LogP contribution in [0.1, 0.15) is 19.8 Å². The van der Waals surface area contributed by atoms with Crippen molar-refractivity contribution in [2.24, 2.45) is 5.73 Å². The van der Waals surface area contributed by atoms with Gasteiger partial charge in [0.05, 0.1) is 4.87 Å². The van der Waals surface area contributed by atoms with Crippen molar-refractivity contribution >= 4 is 11.8 Å². The first kappa shape index (κ1) is 5.45. The minimum atomic E-state index is 0.217. The Morgan fingerprint density at radius 2 is 2.29 bits per heavy atom. The quantitative estimate of drug-likeness (QED) is 0.550. The normalized spacial score (nSPS) is 24.9. The minimum Gasteiger partial charge on any atom is -0.317 e. The lowest BCUT2D eigenvalue weighted by molar-refractivity contribution is 0.983. The first-order valence-corrected chi connectivity index (χ1v) is 3.68. The summed E-state index contributed by atoms with van der Waals surface area (Å²) in [5.41, 5.74) is 5.72. The third kappa shape index (κ3) is 1.35. The standard InChI is InChI=1S/C5H11NS/c1-2-7-5(6)3-4-5/h2-4,6H2,1H3. The molecule has 0 spiro atoms. The molecule has 1 aliphatic rings. The highest BCUT2D eigenvalue weighted by atomic mass is 32.2. The zero-order valence-corrected chi connectivity index (χ0v) is 5.42. The molecule has 0 unspecified atom stereocenters. The van der Waals surface area contributed by atoms with Crippen molar-refractivity contribution in [2.75, 3.05) is 5.75 Å². The van der Waals surface area contributed by atoms with Gasteiger partial charge in [-0.15, -0.1) is 11.8 Å². The maximum atomic E-state index is 5.72. The summed E-state index contributed by atoms with van der Waals surface area (Å²) in [6.45, 7) is 2.15. The van der Waals surface area contributed by atoms with Crippen LogP contribution in [0, 0.1) is 0 Å². The van der Waals surface area contributed by atoms with E-state index in [2.05, 4.69) is 6.92 Å². The van der Waals surface area contributed by atoms with Gasteiger partial charge in [0.15, 0.2) is 0 Å². The Morgan fingerprint density at radius 1 is 1.71 bits per heavy atom. The maximum Gasteiger partial charge on any atom is 0.0622 e. The molecule has 0 bridgehead atoms. The number of nitrogens with two attached hydrogens (primary N) is 1. The molecule has 0 aliphatic heterocycles. The van der Waals surface area contributed by atoms with E-state index in [1.54, 1.807) is 0 Å². The molecule has 0 aromatic rings. The van der Waals surface area contributed by atoms with E-state index < -0.39 is 0 Å².